The molecule has 0 spiro atoms. The summed E-state index contributed by atoms with van der Waals surface area (Å²) in [5.74, 6) is -1.20. The summed E-state index contributed by atoms with van der Waals surface area (Å²) >= 11 is 6.07. The van der Waals surface area contributed by atoms with Gasteiger partial charge in [0.25, 0.3) is 11.8 Å². The molecule has 3 aromatic carbocycles. The van der Waals surface area contributed by atoms with Crippen molar-refractivity contribution in [2.75, 3.05) is 17.2 Å². The summed E-state index contributed by atoms with van der Waals surface area (Å²) in [6, 6.07) is 15.9. The highest BCUT2D eigenvalue weighted by molar-refractivity contribution is 6.31. The highest BCUT2D eigenvalue weighted by Crippen LogP contribution is 2.34. The zero-order chi connectivity index (χ0) is 23.3. The Kier molecular flexibility index (Phi) is 7.05. The van der Waals surface area contributed by atoms with Gasteiger partial charge in [-0.15, -0.1) is 0 Å². The van der Waals surface area contributed by atoms with Crippen LogP contribution in [0.5, 0.6) is 5.75 Å². The number of anilines is 2. The molecule has 3 aromatic rings. The second kappa shape index (κ2) is 9.74. The number of amides is 2. The standard InChI is InChI=1S/C23H18ClF3N2O3/c1-14-10-11-15(12-18(14)24)28-22(31)16-6-2-5-9-20(16)32-13-21(30)29-19-8-4-3-7-17(19)23(25,26)27/h2-12H,13H2,1H3,(H,28,31)(H,29,30). The molecule has 0 saturated carbocycles. The lowest BCUT2D eigenvalue weighted by Crippen LogP contribution is -2.23. The van der Waals surface area contributed by atoms with E-state index in [2.05, 4.69) is 10.6 Å². The van der Waals surface area contributed by atoms with Crippen molar-refractivity contribution < 1.29 is 27.5 Å². The van der Waals surface area contributed by atoms with E-state index in [-0.39, 0.29) is 17.0 Å². The fraction of sp³-hybridized carbons (Fsp3) is 0.130. The Labute approximate surface area is 187 Å². The first-order chi connectivity index (χ1) is 15.1. The number of carbonyl (C=O) groups excluding carboxylic acids is 2. The summed E-state index contributed by atoms with van der Waals surface area (Å²) in [5, 5.41) is 5.37. The van der Waals surface area contributed by atoms with E-state index in [4.69, 9.17) is 16.3 Å². The largest absolute Gasteiger partial charge is 0.483 e. The van der Waals surface area contributed by atoms with Crippen LogP contribution in [-0.2, 0) is 11.0 Å². The molecule has 0 radical (unpaired) electrons. The van der Waals surface area contributed by atoms with Crippen LogP contribution in [0, 0.1) is 6.92 Å². The summed E-state index contributed by atoms with van der Waals surface area (Å²) in [6.45, 7) is 1.24. The molecule has 0 aliphatic carbocycles. The van der Waals surface area contributed by atoms with Gasteiger partial charge < -0.3 is 15.4 Å². The fourth-order valence-corrected chi connectivity index (χ4v) is 3.00. The Hall–Kier alpha value is -3.52. The molecule has 0 aromatic heterocycles. The van der Waals surface area contributed by atoms with Gasteiger partial charge in [0.2, 0.25) is 0 Å². The van der Waals surface area contributed by atoms with Crippen LogP contribution in [-0.4, -0.2) is 18.4 Å². The van der Waals surface area contributed by atoms with Crippen molar-refractivity contribution in [1.29, 1.82) is 0 Å². The summed E-state index contributed by atoms with van der Waals surface area (Å²) in [4.78, 5) is 24.8. The maximum absolute atomic E-state index is 13.1. The van der Waals surface area contributed by atoms with Gasteiger partial charge in [-0.2, -0.15) is 13.2 Å². The molecule has 166 valence electrons. The molecule has 2 N–H and O–H groups in total. The van der Waals surface area contributed by atoms with Gasteiger partial charge in [-0.3, -0.25) is 9.59 Å². The summed E-state index contributed by atoms with van der Waals surface area (Å²) < 4.78 is 44.7. The maximum Gasteiger partial charge on any atom is 0.418 e. The topological polar surface area (TPSA) is 67.4 Å². The molecule has 0 aliphatic rings. The second-order valence-corrected chi connectivity index (χ2v) is 7.20. The first kappa shape index (κ1) is 23.1. The van der Waals surface area contributed by atoms with E-state index in [0.29, 0.717) is 10.7 Å². The summed E-state index contributed by atoms with van der Waals surface area (Å²) in [5.41, 5.74) is 0.127. The number of halogens is 4. The molecule has 32 heavy (non-hydrogen) atoms. The van der Waals surface area contributed by atoms with Gasteiger partial charge in [-0.25, -0.2) is 0 Å². The average molecular weight is 463 g/mol. The van der Waals surface area contributed by atoms with Crippen molar-refractivity contribution in [2.45, 2.75) is 13.1 Å². The predicted octanol–water partition coefficient (Wildman–Crippen LogP) is 5.94. The predicted molar refractivity (Wildman–Crippen MR) is 116 cm³/mol. The summed E-state index contributed by atoms with van der Waals surface area (Å²) in [7, 11) is 0. The molecular weight excluding hydrogens is 445 g/mol. The molecule has 0 atom stereocenters. The number of benzene rings is 3. The van der Waals surface area contributed by atoms with Crippen LogP contribution in [0.15, 0.2) is 66.7 Å². The lowest BCUT2D eigenvalue weighted by molar-refractivity contribution is -0.137. The van der Waals surface area contributed by atoms with E-state index in [1.165, 1.54) is 24.3 Å². The van der Waals surface area contributed by atoms with Crippen molar-refractivity contribution in [3.05, 3.63) is 88.4 Å². The molecule has 0 unspecified atom stereocenters. The van der Waals surface area contributed by atoms with Crippen molar-refractivity contribution in [3.8, 4) is 5.75 Å². The third-order valence-corrected chi connectivity index (χ3v) is 4.83. The van der Waals surface area contributed by atoms with E-state index in [9.17, 15) is 22.8 Å². The van der Waals surface area contributed by atoms with Crippen LogP contribution < -0.4 is 15.4 Å². The highest BCUT2D eigenvalue weighted by atomic mass is 35.5. The first-order valence-corrected chi connectivity index (χ1v) is 9.78. The number of alkyl halides is 3. The van der Waals surface area contributed by atoms with Gasteiger partial charge in [0.1, 0.15) is 5.75 Å². The van der Waals surface area contributed by atoms with Gasteiger partial charge >= 0.3 is 6.18 Å². The SMILES string of the molecule is Cc1ccc(NC(=O)c2ccccc2OCC(=O)Nc2ccccc2C(F)(F)F)cc1Cl. The van der Waals surface area contributed by atoms with E-state index < -0.39 is 30.2 Å². The van der Waals surface area contributed by atoms with Crippen LogP contribution in [0.2, 0.25) is 5.02 Å². The molecular formula is C23H18ClF3N2O3. The van der Waals surface area contributed by atoms with Crippen LogP contribution >= 0.6 is 11.6 Å². The van der Waals surface area contributed by atoms with Crippen molar-refractivity contribution >= 4 is 34.8 Å². The maximum atomic E-state index is 13.1. The molecule has 0 fully saturated rings. The number of carbonyl (C=O) groups is 2. The third-order valence-electron chi connectivity index (χ3n) is 4.43. The number of hydrogen-bond donors (Lipinski definition) is 2. The molecule has 0 saturated heterocycles. The Morgan fingerprint density at radius 1 is 0.969 bits per heavy atom. The van der Waals surface area contributed by atoms with Crippen LogP contribution in [0.4, 0.5) is 24.5 Å². The molecule has 0 bridgehead atoms. The van der Waals surface area contributed by atoms with E-state index in [1.54, 1.807) is 30.3 Å². The van der Waals surface area contributed by atoms with E-state index in [0.717, 1.165) is 17.7 Å². The smallest absolute Gasteiger partial charge is 0.418 e. The Morgan fingerprint density at radius 2 is 1.66 bits per heavy atom. The zero-order valence-corrected chi connectivity index (χ0v) is 17.6. The van der Waals surface area contributed by atoms with Gasteiger partial charge in [0.15, 0.2) is 6.61 Å². The van der Waals surface area contributed by atoms with E-state index in [1.807, 2.05) is 6.92 Å². The number of para-hydroxylation sites is 2. The third kappa shape index (κ3) is 5.79. The van der Waals surface area contributed by atoms with Crippen molar-refractivity contribution in [2.24, 2.45) is 0 Å². The molecule has 0 heterocycles. The van der Waals surface area contributed by atoms with Crippen molar-refractivity contribution in [1.82, 2.24) is 0 Å². The number of aryl methyl sites for hydroxylation is 1. The molecule has 9 heteroatoms. The second-order valence-electron chi connectivity index (χ2n) is 6.79. The van der Waals surface area contributed by atoms with Gasteiger partial charge in [-0.1, -0.05) is 41.9 Å². The fourth-order valence-electron chi connectivity index (χ4n) is 2.82. The Balaban J connectivity index is 1.68. The number of ether oxygens (including phenoxy) is 1. The number of rotatable bonds is 6. The van der Waals surface area contributed by atoms with Crippen LogP contribution in [0.3, 0.4) is 0 Å². The lowest BCUT2D eigenvalue weighted by atomic mass is 10.1. The first-order valence-electron chi connectivity index (χ1n) is 9.40. The minimum Gasteiger partial charge on any atom is -0.483 e. The zero-order valence-electron chi connectivity index (χ0n) is 16.8. The van der Waals surface area contributed by atoms with Crippen molar-refractivity contribution in [3.63, 3.8) is 0 Å². The lowest BCUT2D eigenvalue weighted by Gasteiger charge is -2.15. The summed E-state index contributed by atoms with van der Waals surface area (Å²) in [6.07, 6.45) is -4.62. The number of hydrogen-bond acceptors (Lipinski definition) is 3. The van der Waals surface area contributed by atoms with Crippen LogP contribution in [0.1, 0.15) is 21.5 Å². The monoisotopic (exact) mass is 462 g/mol. The average Bonchev–Trinajstić information content (AvgIpc) is 2.74. The highest BCUT2D eigenvalue weighted by Gasteiger charge is 2.33. The van der Waals surface area contributed by atoms with Crippen LogP contribution in [0.25, 0.3) is 0 Å². The molecule has 2 amide bonds. The Morgan fingerprint density at radius 3 is 2.38 bits per heavy atom. The molecule has 5 nitrogen and oxygen atoms in total. The van der Waals surface area contributed by atoms with E-state index >= 15 is 0 Å². The molecule has 0 aliphatic heterocycles. The Bertz CT molecular complexity index is 1150. The normalized spacial score (nSPS) is 11.0. The minimum atomic E-state index is -4.62. The molecule has 3 rings (SSSR count). The quantitative estimate of drug-likeness (QED) is 0.476. The minimum absolute atomic E-state index is 0.0995. The van der Waals surface area contributed by atoms with Gasteiger partial charge in [-0.05, 0) is 48.9 Å². The number of nitrogens with one attached hydrogen (secondary N) is 2. The van der Waals surface area contributed by atoms with Gasteiger partial charge in [0.05, 0.1) is 16.8 Å². The van der Waals surface area contributed by atoms with Gasteiger partial charge in [0, 0.05) is 10.7 Å².